The van der Waals surface area contributed by atoms with Gasteiger partial charge in [-0.15, -0.1) is 0 Å². The lowest BCUT2D eigenvalue weighted by atomic mass is 9.86. The molecule has 1 aliphatic heterocycles. The first-order valence-corrected chi connectivity index (χ1v) is 9.57. The van der Waals surface area contributed by atoms with Gasteiger partial charge in [0.05, 0.1) is 6.26 Å². The number of nitrogens with zero attached hydrogens (tertiary/aromatic N) is 1. The van der Waals surface area contributed by atoms with Crippen molar-refractivity contribution in [1.82, 2.24) is 16.0 Å². The van der Waals surface area contributed by atoms with Gasteiger partial charge in [-0.3, -0.25) is 9.79 Å². The van der Waals surface area contributed by atoms with Crippen LogP contribution >= 0.6 is 0 Å². The number of hydrogen-bond donors (Lipinski definition) is 3. The van der Waals surface area contributed by atoms with Crippen molar-refractivity contribution in [2.45, 2.75) is 64.0 Å². The van der Waals surface area contributed by atoms with Crippen molar-refractivity contribution in [3.63, 3.8) is 0 Å². The van der Waals surface area contributed by atoms with Gasteiger partial charge in [0.2, 0.25) is 5.91 Å². The molecule has 3 N–H and O–H groups in total. The molecule has 6 heteroatoms. The van der Waals surface area contributed by atoms with Crippen LogP contribution in [-0.2, 0) is 11.2 Å². The van der Waals surface area contributed by atoms with E-state index >= 15 is 0 Å². The minimum absolute atomic E-state index is 0.142. The van der Waals surface area contributed by atoms with Crippen LogP contribution in [-0.4, -0.2) is 37.0 Å². The lowest BCUT2D eigenvalue weighted by Gasteiger charge is -2.33. The first-order chi connectivity index (χ1) is 12.2. The van der Waals surface area contributed by atoms with Crippen LogP contribution in [0.5, 0.6) is 0 Å². The molecule has 1 saturated heterocycles. The standard InChI is InChI=1S/C19H30N4O2/c1-14-5-2-3-7-17(14)23-19(20-11-10-16-6-4-12-25-16)22-15-8-9-18(24)21-13-15/h4,6,12,14-15,17H,2-3,5,7-11,13H2,1H3,(H,21,24)(H2,20,22,23). The second kappa shape index (κ2) is 8.92. The summed E-state index contributed by atoms with van der Waals surface area (Å²) in [5, 5.41) is 10.1. The average molecular weight is 346 g/mol. The number of guanidine groups is 1. The Morgan fingerprint density at radius 2 is 2.20 bits per heavy atom. The molecule has 1 aromatic heterocycles. The number of rotatable bonds is 5. The van der Waals surface area contributed by atoms with Gasteiger partial charge in [0, 0.05) is 38.0 Å². The van der Waals surface area contributed by atoms with Gasteiger partial charge in [0.1, 0.15) is 5.76 Å². The molecule has 0 spiro atoms. The highest BCUT2D eigenvalue weighted by Gasteiger charge is 2.24. The Bertz CT molecular complexity index is 560. The summed E-state index contributed by atoms with van der Waals surface area (Å²) >= 11 is 0. The largest absolute Gasteiger partial charge is 0.469 e. The maximum atomic E-state index is 11.4. The summed E-state index contributed by atoms with van der Waals surface area (Å²) in [6.45, 7) is 3.67. The fraction of sp³-hybridized carbons (Fsp3) is 0.684. The number of aliphatic imine (C=N–C) groups is 1. The first-order valence-electron chi connectivity index (χ1n) is 9.57. The molecule has 1 saturated carbocycles. The lowest BCUT2D eigenvalue weighted by molar-refractivity contribution is -0.122. The fourth-order valence-corrected chi connectivity index (χ4v) is 3.62. The van der Waals surface area contributed by atoms with E-state index in [0.717, 1.165) is 24.6 Å². The Hall–Kier alpha value is -1.98. The highest BCUT2D eigenvalue weighted by Crippen LogP contribution is 2.23. The molecule has 1 aromatic rings. The number of carbonyl (C=O) groups excluding carboxylic acids is 1. The van der Waals surface area contributed by atoms with Gasteiger partial charge in [-0.05, 0) is 37.3 Å². The Kier molecular flexibility index (Phi) is 6.36. The van der Waals surface area contributed by atoms with Gasteiger partial charge < -0.3 is 20.4 Å². The van der Waals surface area contributed by atoms with Crippen molar-refractivity contribution >= 4 is 11.9 Å². The van der Waals surface area contributed by atoms with Crippen molar-refractivity contribution < 1.29 is 9.21 Å². The maximum Gasteiger partial charge on any atom is 0.220 e. The zero-order valence-corrected chi connectivity index (χ0v) is 15.1. The number of furan rings is 1. The topological polar surface area (TPSA) is 78.7 Å². The van der Waals surface area contributed by atoms with Crippen LogP contribution in [0.4, 0.5) is 0 Å². The molecule has 3 unspecified atom stereocenters. The summed E-state index contributed by atoms with van der Waals surface area (Å²) in [5.41, 5.74) is 0. The van der Waals surface area contributed by atoms with E-state index in [9.17, 15) is 4.79 Å². The third kappa shape index (κ3) is 5.51. The third-order valence-corrected chi connectivity index (χ3v) is 5.25. The molecular formula is C19H30N4O2. The van der Waals surface area contributed by atoms with Crippen LogP contribution < -0.4 is 16.0 Å². The number of amides is 1. The first kappa shape index (κ1) is 17.8. The molecule has 0 aromatic carbocycles. The average Bonchev–Trinajstić information content (AvgIpc) is 3.12. The highest BCUT2D eigenvalue weighted by molar-refractivity contribution is 5.81. The second-order valence-corrected chi connectivity index (χ2v) is 7.26. The molecule has 2 heterocycles. The molecule has 3 rings (SSSR count). The molecule has 25 heavy (non-hydrogen) atoms. The van der Waals surface area contributed by atoms with Crippen molar-refractivity contribution in [1.29, 1.82) is 0 Å². The quantitative estimate of drug-likeness (QED) is 0.564. The molecule has 0 radical (unpaired) electrons. The molecule has 2 aliphatic rings. The van der Waals surface area contributed by atoms with E-state index in [-0.39, 0.29) is 11.9 Å². The molecular weight excluding hydrogens is 316 g/mol. The maximum absolute atomic E-state index is 11.4. The van der Waals surface area contributed by atoms with Gasteiger partial charge in [-0.1, -0.05) is 19.8 Å². The van der Waals surface area contributed by atoms with Gasteiger partial charge in [-0.25, -0.2) is 0 Å². The molecule has 6 nitrogen and oxygen atoms in total. The highest BCUT2D eigenvalue weighted by atomic mass is 16.3. The van der Waals surface area contributed by atoms with E-state index in [0.29, 0.717) is 31.5 Å². The summed E-state index contributed by atoms with van der Waals surface area (Å²) in [4.78, 5) is 16.1. The monoisotopic (exact) mass is 346 g/mol. The number of carbonyl (C=O) groups is 1. The second-order valence-electron chi connectivity index (χ2n) is 7.26. The van der Waals surface area contributed by atoms with Gasteiger partial charge in [0.25, 0.3) is 0 Å². The SMILES string of the molecule is CC1CCCCC1NC(=NCCc1ccco1)NC1CCC(=O)NC1. The van der Waals surface area contributed by atoms with Crippen molar-refractivity contribution in [3.05, 3.63) is 24.2 Å². The summed E-state index contributed by atoms with van der Waals surface area (Å²) in [7, 11) is 0. The van der Waals surface area contributed by atoms with E-state index in [1.54, 1.807) is 6.26 Å². The molecule has 2 fully saturated rings. The summed E-state index contributed by atoms with van der Waals surface area (Å²) in [6, 6.07) is 4.61. The predicted octanol–water partition coefficient (Wildman–Crippen LogP) is 2.21. The van der Waals surface area contributed by atoms with Crippen LogP contribution in [0.3, 0.4) is 0 Å². The summed E-state index contributed by atoms with van der Waals surface area (Å²) in [5.74, 6) is 2.63. The van der Waals surface area contributed by atoms with Crippen LogP contribution in [0.1, 0.15) is 51.2 Å². The zero-order valence-electron chi connectivity index (χ0n) is 15.1. The minimum atomic E-state index is 0.142. The molecule has 1 aliphatic carbocycles. The van der Waals surface area contributed by atoms with Gasteiger partial charge >= 0.3 is 0 Å². The van der Waals surface area contributed by atoms with Crippen LogP contribution in [0, 0.1) is 5.92 Å². The summed E-state index contributed by atoms with van der Waals surface area (Å²) < 4.78 is 5.39. The lowest BCUT2D eigenvalue weighted by Crippen LogP contribution is -2.54. The molecule has 138 valence electrons. The normalized spacial score (nSPS) is 27.6. The Labute approximate surface area is 149 Å². The minimum Gasteiger partial charge on any atom is -0.469 e. The van der Waals surface area contributed by atoms with Crippen LogP contribution in [0.25, 0.3) is 0 Å². The zero-order chi connectivity index (χ0) is 17.5. The van der Waals surface area contributed by atoms with Gasteiger partial charge in [-0.2, -0.15) is 0 Å². The molecule has 1 amide bonds. The Morgan fingerprint density at radius 3 is 2.92 bits per heavy atom. The van der Waals surface area contributed by atoms with Crippen molar-refractivity contribution in [2.75, 3.05) is 13.1 Å². The van der Waals surface area contributed by atoms with Crippen molar-refractivity contribution in [3.8, 4) is 0 Å². The summed E-state index contributed by atoms with van der Waals surface area (Å²) in [6.07, 6.45) is 9.00. The van der Waals surface area contributed by atoms with E-state index < -0.39 is 0 Å². The molecule has 0 bridgehead atoms. The van der Waals surface area contributed by atoms with E-state index in [2.05, 4.69) is 22.9 Å². The number of nitrogens with one attached hydrogen (secondary N) is 3. The number of piperidine rings is 1. The molecule has 3 atom stereocenters. The van der Waals surface area contributed by atoms with E-state index in [1.807, 2.05) is 12.1 Å². The van der Waals surface area contributed by atoms with Gasteiger partial charge in [0.15, 0.2) is 5.96 Å². The Balaban J connectivity index is 1.58. The van der Waals surface area contributed by atoms with Crippen LogP contribution in [0.15, 0.2) is 27.8 Å². The van der Waals surface area contributed by atoms with E-state index in [4.69, 9.17) is 9.41 Å². The van der Waals surface area contributed by atoms with Crippen LogP contribution in [0.2, 0.25) is 0 Å². The smallest absolute Gasteiger partial charge is 0.220 e. The number of hydrogen-bond acceptors (Lipinski definition) is 3. The Morgan fingerprint density at radius 1 is 1.32 bits per heavy atom. The van der Waals surface area contributed by atoms with E-state index in [1.165, 1.54) is 25.7 Å². The third-order valence-electron chi connectivity index (χ3n) is 5.25. The fourth-order valence-electron chi connectivity index (χ4n) is 3.62. The predicted molar refractivity (Wildman–Crippen MR) is 98.4 cm³/mol. The van der Waals surface area contributed by atoms with Crippen molar-refractivity contribution in [2.24, 2.45) is 10.9 Å².